The molecule has 0 saturated heterocycles. The van der Waals surface area contributed by atoms with Gasteiger partial charge in [0.05, 0.1) is 6.26 Å². The van der Waals surface area contributed by atoms with Gasteiger partial charge in [-0.3, -0.25) is 9.10 Å². The molecule has 146 valence electrons. The Balaban J connectivity index is 2.10. The van der Waals surface area contributed by atoms with Crippen molar-refractivity contribution in [2.45, 2.75) is 6.42 Å². The van der Waals surface area contributed by atoms with Crippen LogP contribution in [0.2, 0.25) is 0 Å². The Bertz CT molecular complexity index is 896. The van der Waals surface area contributed by atoms with Crippen molar-refractivity contribution in [3.8, 4) is 0 Å². The lowest BCUT2D eigenvalue weighted by atomic mass is 10.2. The van der Waals surface area contributed by atoms with E-state index in [1.54, 1.807) is 12.1 Å². The van der Waals surface area contributed by atoms with Crippen LogP contribution < -0.4 is 14.5 Å². The van der Waals surface area contributed by atoms with Gasteiger partial charge in [0.2, 0.25) is 15.9 Å². The predicted octanol–water partition coefficient (Wildman–Crippen LogP) is 2.83. The fourth-order valence-electron chi connectivity index (χ4n) is 2.44. The molecular formula is C18H21F2N3O3S. The standard InChI is InChI=1S/C18H21F2N3O3S/c1-22(2)14-9-7-13(8-10-14)21-17(24)11-12-23(27(3,25)26)18-15(19)5-4-6-16(18)20/h4-10H,11-12H2,1-3H3,(H,21,24). The third-order valence-corrected chi connectivity index (χ3v) is 4.96. The first-order valence-electron chi connectivity index (χ1n) is 8.08. The lowest BCUT2D eigenvalue weighted by molar-refractivity contribution is -0.116. The molecule has 0 aromatic heterocycles. The number of para-hydroxylation sites is 1. The number of nitrogens with one attached hydrogen (secondary N) is 1. The van der Waals surface area contributed by atoms with Gasteiger partial charge in [0.25, 0.3) is 0 Å². The van der Waals surface area contributed by atoms with E-state index < -0.39 is 39.8 Å². The molecule has 0 spiro atoms. The summed E-state index contributed by atoms with van der Waals surface area (Å²) < 4.78 is 52.4. The van der Waals surface area contributed by atoms with E-state index in [2.05, 4.69) is 5.32 Å². The van der Waals surface area contributed by atoms with Crippen LogP contribution in [-0.4, -0.2) is 41.2 Å². The number of anilines is 3. The highest BCUT2D eigenvalue weighted by molar-refractivity contribution is 7.92. The minimum Gasteiger partial charge on any atom is -0.378 e. The van der Waals surface area contributed by atoms with Gasteiger partial charge in [0.15, 0.2) is 11.6 Å². The molecular weight excluding hydrogens is 376 g/mol. The molecule has 0 atom stereocenters. The monoisotopic (exact) mass is 397 g/mol. The Morgan fingerprint density at radius 1 is 1.04 bits per heavy atom. The smallest absolute Gasteiger partial charge is 0.232 e. The van der Waals surface area contributed by atoms with Gasteiger partial charge in [-0.05, 0) is 36.4 Å². The third-order valence-electron chi connectivity index (χ3n) is 3.80. The summed E-state index contributed by atoms with van der Waals surface area (Å²) in [6.45, 7) is -0.391. The summed E-state index contributed by atoms with van der Waals surface area (Å²) in [4.78, 5) is 14.0. The molecule has 2 aromatic rings. The second kappa shape index (κ2) is 8.34. The minimum absolute atomic E-state index is 0.268. The normalized spacial score (nSPS) is 11.1. The maximum atomic E-state index is 14.0. The topological polar surface area (TPSA) is 69.7 Å². The molecule has 0 radical (unpaired) electrons. The number of amides is 1. The van der Waals surface area contributed by atoms with E-state index >= 15 is 0 Å². The second-order valence-electron chi connectivity index (χ2n) is 6.14. The zero-order valence-corrected chi connectivity index (χ0v) is 16.1. The average Bonchev–Trinajstić information content (AvgIpc) is 2.56. The van der Waals surface area contributed by atoms with Crippen LogP contribution in [0.3, 0.4) is 0 Å². The maximum Gasteiger partial charge on any atom is 0.232 e. The molecule has 0 aliphatic rings. The molecule has 0 fully saturated rings. The predicted molar refractivity (Wildman–Crippen MR) is 103 cm³/mol. The van der Waals surface area contributed by atoms with Crippen molar-refractivity contribution in [3.63, 3.8) is 0 Å². The van der Waals surface area contributed by atoms with Gasteiger partial charge in [-0.15, -0.1) is 0 Å². The lowest BCUT2D eigenvalue weighted by Gasteiger charge is -2.23. The van der Waals surface area contributed by atoms with Gasteiger partial charge in [0, 0.05) is 38.4 Å². The van der Waals surface area contributed by atoms with Gasteiger partial charge in [-0.2, -0.15) is 0 Å². The summed E-state index contributed by atoms with van der Waals surface area (Å²) >= 11 is 0. The molecule has 2 aromatic carbocycles. The van der Waals surface area contributed by atoms with E-state index in [4.69, 9.17) is 0 Å². The molecule has 1 amide bonds. The summed E-state index contributed by atoms with van der Waals surface area (Å²) in [5, 5.41) is 2.63. The molecule has 27 heavy (non-hydrogen) atoms. The number of benzene rings is 2. The second-order valence-corrected chi connectivity index (χ2v) is 8.05. The van der Waals surface area contributed by atoms with Gasteiger partial charge < -0.3 is 10.2 Å². The number of carbonyl (C=O) groups is 1. The number of carbonyl (C=O) groups excluding carboxylic acids is 1. The highest BCUT2D eigenvalue weighted by Gasteiger charge is 2.25. The number of rotatable bonds is 7. The number of hydrogen-bond donors (Lipinski definition) is 1. The van der Waals surface area contributed by atoms with Crippen molar-refractivity contribution in [3.05, 3.63) is 54.1 Å². The Kier molecular flexibility index (Phi) is 6.37. The number of halogens is 2. The molecule has 9 heteroatoms. The van der Waals surface area contributed by atoms with Crippen LogP contribution in [-0.2, 0) is 14.8 Å². The molecule has 0 aliphatic heterocycles. The van der Waals surface area contributed by atoms with E-state index in [-0.39, 0.29) is 6.42 Å². The Hall–Kier alpha value is -2.68. The third kappa shape index (κ3) is 5.40. The molecule has 1 N–H and O–H groups in total. The first kappa shape index (κ1) is 20.6. The van der Waals surface area contributed by atoms with Crippen LogP contribution in [0.5, 0.6) is 0 Å². The van der Waals surface area contributed by atoms with Crippen molar-refractivity contribution in [1.82, 2.24) is 0 Å². The Morgan fingerprint density at radius 3 is 2.07 bits per heavy atom. The SMILES string of the molecule is CN(C)c1ccc(NC(=O)CCN(c2c(F)cccc2F)S(C)(=O)=O)cc1. The number of hydrogen-bond acceptors (Lipinski definition) is 4. The van der Waals surface area contributed by atoms with Crippen LogP contribution in [0, 0.1) is 11.6 Å². The Labute approximate surface area is 157 Å². The first-order chi connectivity index (χ1) is 12.6. The highest BCUT2D eigenvalue weighted by Crippen LogP contribution is 2.25. The van der Waals surface area contributed by atoms with Gasteiger partial charge >= 0.3 is 0 Å². The fourth-order valence-corrected chi connectivity index (χ4v) is 3.37. The maximum absolute atomic E-state index is 14.0. The molecule has 0 bridgehead atoms. The van der Waals surface area contributed by atoms with Gasteiger partial charge in [-0.1, -0.05) is 6.07 Å². The van der Waals surface area contributed by atoms with E-state index in [1.807, 2.05) is 31.1 Å². The van der Waals surface area contributed by atoms with Crippen molar-refractivity contribution in [2.75, 3.05) is 41.4 Å². The summed E-state index contributed by atoms with van der Waals surface area (Å²) in [5.41, 5.74) is 0.794. The van der Waals surface area contributed by atoms with E-state index in [0.717, 1.165) is 30.1 Å². The quantitative estimate of drug-likeness (QED) is 0.780. The molecule has 0 heterocycles. The summed E-state index contributed by atoms with van der Waals surface area (Å²) in [6, 6.07) is 10.1. The van der Waals surface area contributed by atoms with Crippen molar-refractivity contribution in [2.24, 2.45) is 0 Å². The van der Waals surface area contributed by atoms with E-state index in [1.165, 1.54) is 0 Å². The van der Waals surface area contributed by atoms with Gasteiger partial charge in [-0.25, -0.2) is 17.2 Å². The van der Waals surface area contributed by atoms with Crippen molar-refractivity contribution in [1.29, 1.82) is 0 Å². The van der Waals surface area contributed by atoms with Crippen molar-refractivity contribution < 1.29 is 22.0 Å². The molecule has 6 nitrogen and oxygen atoms in total. The summed E-state index contributed by atoms with van der Waals surface area (Å²) in [7, 11) is -0.211. The zero-order chi connectivity index (χ0) is 20.2. The fraction of sp³-hybridized carbons (Fsp3) is 0.278. The zero-order valence-electron chi connectivity index (χ0n) is 15.2. The van der Waals surface area contributed by atoms with E-state index in [9.17, 15) is 22.0 Å². The number of sulfonamides is 1. The number of nitrogens with zero attached hydrogens (tertiary/aromatic N) is 2. The van der Waals surface area contributed by atoms with Crippen LogP contribution >= 0.6 is 0 Å². The molecule has 2 rings (SSSR count). The van der Waals surface area contributed by atoms with Gasteiger partial charge in [0.1, 0.15) is 5.69 Å². The minimum atomic E-state index is -3.98. The van der Waals surface area contributed by atoms with Crippen LogP contribution in [0.25, 0.3) is 0 Å². The van der Waals surface area contributed by atoms with E-state index in [0.29, 0.717) is 9.99 Å². The lowest BCUT2D eigenvalue weighted by Crippen LogP contribution is -2.34. The Morgan fingerprint density at radius 2 is 1.59 bits per heavy atom. The summed E-state index contributed by atoms with van der Waals surface area (Å²) in [6.07, 6.45) is 0.563. The molecule has 0 aliphatic carbocycles. The largest absolute Gasteiger partial charge is 0.378 e. The molecule has 0 saturated carbocycles. The molecule has 0 unspecified atom stereocenters. The van der Waals surface area contributed by atoms with Crippen LogP contribution in [0.4, 0.5) is 25.8 Å². The highest BCUT2D eigenvalue weighted by atomic mass is 32.2. The summed E-state index contributed by atoms with van der Waals surface area (Å²) in [5.74, 6) is -2.50. The average molecular weight is 397 g/mol. The van der Waals surface area contributed by atoms with Crippen LogP contribution in [0.15, 0.2) is 42.5 Å². The van der Waals surface area contributed by atoms with Crippen molar-refractivity contribution >= 4 is 33.0 Å². The first-order valence-corrected chi connectivity index (χ1v) is 9.93. The van der Waals surface area contributed by atoms with Crippen LogP contribution in [0.1, 0.15) is 6.42 Å².